The summed E-state index contributed by atoms with van der Waals surface area (Å²) in [4.78, 5) is 33.4. The molecule has 0 aliphatic heterocycles. The van der Waals surface area contributed by atoms with E-state index < -0.39 is 0 Å². The summed E-state index contributed by atoms with van der Waals surface area (Å²) in [7, 11) is 0. The molecule has 1 aliphatic rings. The van der Waals surface area contributed by atoms with Crippen molar-refractivity contribution >= 4 is 16.8 Å². The molecule has 2 heterocycles. The smallest absolute Gasteiger partial charge is 0.223 e. The number of H-pyrrole nitrogens is 1. The first-order chi connectivity index (χ1) is 17.6. The van der Waals surface area contributed by atoms with Crippen LogP contribution in [0.3, 0.4) is 0 Å². The molecule has 4 N–H and O–H groups in total. The predicted octanol–water partition coefficient (Wildman–Crippen LogP) is 4.76. The maximum absolute atomic E-state index is 13.3. The second kappa shape index (κ2) is 10.9. The second-order valence-corrected chi connectivity index (χ2v) is 9.78. The predicted molar refractivity (Wildman–Crippen MR) is 143 cm³/mol. The van der Waals surface area contributed by atoms with Crippen LogP contribution in [0.4, 0.5) is 0 Å². The van der Waals surface area contributed by atoms with Gasteiger partial charge in [0.05, 0.1) is 11.7 Å². The van der Waals surface area contributed by atoms with Crippen molar-refractivity contribution in [1.82, 2.24) is 15.3 Å². The topological polar surface area (TPSA) is 101 Å². The summed E-state index contributed by atoms with van der Waals surface area (Å²) in [6.07, 6.45) is 7.86. The monoisotopic (exact) mass is 480 g/mol. The first kappa shape index (κ1) is 23.9. The normalized spacial score (nSPS) is 18.6. The van der Waals surface area contributed by atoms with Crippen LogP contribution >= 0.6 is 0 Å². The van der Waals surface area contributed by atoms with E-state index in [2.05, 4.69) is 27.4 Å². The Morgan fingerprint density at radius 2 is 1.78 bits per heavy atom. The number of hydrogen-bond donors (Lipinski definition) is 3. The molecular formula is C30H32N4O2. The number of rotatable bonds is 7. The van der Waals surface area contributed by atoms with Gasteiger partial charge in [-0.15, -0.1) is 0 Å². The minimum atomic E-state index is -0.254. The molecule has 1 aliphatic carbocycles. The third kappa shape index (κ3) is 5.39. The highest BCUT2D eigenvalue weighted by atomic mass is 16.2. The number of amides is 1. The van der Waals surface area contributed by atoms with E-state index in [1.807, 2.05) is 48.5 Å². The van der Waals surface area contributed by atoms with Crippen LogP contribution in [-0.2, 0) is 11.2 Å². The van der Waals surface area contributed by atoms with Crippen LogP contribution < -0.4 is 16.5 Å². The number of nitrogens with one attached hydrogen (secondary N) is 2. The second-order valence-electron chi connectivity index (χ2n) is 9.78. The fourth-order valence-electron chi connectivity index (χ4n) is 5.20. The number of nitrogens with zero attached hydrogens (tertiary/aromatic N) is 1. The van der Waals surface area contributed by atoms with Crippen LogP contribution in [-0.4, -0.2) is 22.4 Å². The van der Waals surface area contributed by atoms with Gasteiger partial charge in [0.2, 0.25) is 5.91 Å². The number of pyridine rings is 2. The molecule has 1 unspecified atom stereocenters. The lowest BCUT2D eigenvalue weighted by Gasteiger charge is -2.28. The Morgan fingerprint density at radius 3 is 2.56 bits per heavy atom. The highest BCUT2D eigenvalue weighted by Crippen LogP contribution is 2.30. The van der Waals surface area contributed by atoms with Crippen molar-refractivity contribution in [2.75, 3.05) is 6.54 Å². The number of hydrogen-bond acceptors (Lipinski definition) is 4. The molecule has 0 saturated heterocycles. The number of benzene rings is 2. The van der Waals surface area contributed by atoms with E-state index in [1.165, 1.54) is 6.07 Å². The van der Waals surface area contributed by atoms with Crippen molar-refractivity contribution < 1.29 is 4.79 Å². The third-order valence-corrected chi connectivity index (χ3v) is 7.38. The van der Waals surface area contributed by atoms with Gasteiger partial charge in [0.1, 0.15) is 0 Å². The molecule has 2 aromatic heterocycles. The van der Waals surface area contributed by atoms with Crippen molar-refractivity contribution in [1.29, 1.82) is 0 Å². The molecule has 1 fully saturated rings. The minimum absolute atomic E-state index is 0.0152. The van der Waals surface area contributed by atoms with E-state index in [0.29, 0.717) is 24.3 Å². The van der Waals surface area contributed by atoms with E-state index in [-0.39, 0.29) is 23.3 Å². The van der Waals surface area contributed by atoms with Gasteiger partial charge in [-0.25, -0.2) is 0 Å². The van der Waals surface area contributed by atoms with Crippen LogP contribution in [0.5, 0.6) is 0 Å². The van der Waals surface area contributed by atoms with Crippen LogP contribution in [0.25, 0.3) is 22.0 Å². The fourth-order valence-corrected chi connectivity index (χ4v) is 5.20. The highest BCUT2D eigenvalue weighted by Gasteiger charge is 2.28. The zero-order chi connectivity index (χ0) is 24.9. The molecule has 1 saturated carbocycles. The van der Waals surface area contributed by atoms with Gasteiger partial charge in [-0.3, -0.25) is 14.6 Å². The molecule has 4 aromatic rings. The van der Waals surface area contributed by atoms with Gasteiger partial charge in [-0.2, -0.15) is 0 Å². The summed E-state index contributed by atoms with van der Waals surface area (Å²) >= 11 is 0. The van der Waals surface area contributed by atoms with E-state index in [0.717, 1.165) is 53.6 Å². The van der Waals surface area contributed by atoms with E-state index in [4.69, 9.17) is 5.73 Å². The summed E-state index contributed by atoms with van der Waals surface area (Å²) in [6.45, 7) is 0.697. The summed E-state index contributed by atoms with van der Waals surface area (Å²) in [5, 5.41) is 3.96. The Kier molecular flexibility index (Phi) is 7.23. The molecule has 0 bridgehead atoms. The number of aromatic amines is 1. The van der Waals surface area contributed by atoms with Crippen molar-refractivity contribution in [3.05, 3.63) is 101 Å². The molecule has 0 radical (unpaired) electrons. The average Bonchev–Trinajstić information content (AvgIpc) is 2.93. The lowest BCUT2D eigenvalue weighted by Crippen LogP contribution is -2.37. The minimum Gasteiger partial charge on any atom is -0.361 e. The Hall–Kier alpha value is -3.77. The summed E-state index contributed by atoms with van der Waals surface area (Å²) in [6, 6.07) is 21.3. The van der Waals surface area contributed by atoms with Crippen LogP contribution in [0.1, 0.15) is 43.0 Å². The molecule has 6 heteroatoms. The maximum Gasteiger partial charge on any atom is 0.223 e. The number of fused-ring (bicyclic) bond motifs is 1. The van der Waals surface area contributed by atoms with Gasteiger partial charge in [0.15, 0.2) is 5.43 Å². The van der Waals surface area contributed by atoms with Crippen molar-refractivity contribution in [3.63, 3.8) is 0 Å². The molecule has 184 valence electrons. The lowest BCUT2D eigenvalue weighted by atomic mass is 9.81. The molecule has 2 aromatic carbocycles. The maximum atomic E-state index is 13.3. The molecule has 36 heavy (non-hydrogen) atoms. The first-order valence-electron chi connectivity index (χ1n) is 12.7. The summed E-state index contributed by atoms with van der Waals surface area (Å²) in [5.41, 5.74) is 10.5. The highest BCUT2D eigenvalue weighted by molar-refractivity contribution is 5.84. The molecule has 0 spiro atoms. The van der Waals surface area contributed by atoms with Crippen molar-refractivity contribution in [2.24, 2.45) is 17.6 Å². The largest absolute Gasteiger partial charge is 0.361 e. The van der Waals surface area contributed by atoms with E-state index >= 15 is 0 Å². The van der Waals surface area contributed by atoms with Crippen LogP contribution in [0, 0.1) is 11.8 Å². The zero-order valence-electron chi connectivity index (χ0n) is 20.3. The van der Waals surface area contributed by atoms with Gasteiger partial charge >= 0.3 is 0 Å². The Morgan fingerprint density at radius 1 is 1.00 bits per heavy atom. The van der Waals surface area contributed by atoms with Gasteiger partial charge < -0.3 is 16.0 Å². The van der Waals surface area contributed by atoms with Gasteiger partial charge in [0, 0.05) is 35.3 Å². The number of nitrogens with two attached hydrogens (primary N) is 1. The average molecular weight is 481 g/mol. The molecule has 6 nitrogen and oxygen atoms in total. The SMILES string of the molecule is NC[C@H]1CC[C@H](C(=O)NC(Cc2ccccc2)c2cc(-c3ccc4[nH]ccc(=O)c4c3)ccn2)CC1. The Labute approximate surface area is 211 Å². The van der Waals surface area contributed by atoms with Gasteiger partial charge in [0.25, 0.3) is 0 Å². The summed E-state index contributed by atoms with van der Waals surface area (Å²) < 4.78 is 0. The van der Waals surface area contributed by atoms with E-state index in [1.54, 1.807) is 12.4 Å². The molecule has 1 amide bonds. The van der Waals surface area contributed by atoms with Crippen molar-refractivity contribution in [2.45, 2.75) is 38.1 Å². The number of carbonyl (C=O) groups is 1. The van der Waals surface area contributed by atoms with Gasteiger partial charge in [-0.05, 0) is 85.5 Å². The third-order valence-electron chi connectivity index (χ3n) is 7.38. The standard InChI is InChI=1S/C30H32N4O2/c31-19-21-6-8-22(9-7-21)30(36)34-28(16-20-4-2-1-3-5-20)27-18-24(12-14-33-27)23-10-11-26-25(17-23)29(35)13-15-32-26/h1-5,10-15,17-18,21-22,28H,6-9,16,19,31H2,(H,32,35)(H,34,36)/t21-,22-,28?. The molecule has 5 rings (SSSR count). The quantitative estimate of drug-likeness (QED) is 0.355. The van der Waals surface area contributed by atoms with E-state index in [9.17, 15) is 9.59 Å². The Balaban J connectivity index is 1.43. The lowest BCUT2D eigenvalue weighted by molar-refractivity contribution is -0.127. The zero-order valence-corrected chi connectivity index (χ0v) is 20.3. The molecular weight excluding hydrogens is 448 g/mol. The Bertz CT molecular complexity index is 1390. The van der Waals surface area contributed by atoms with Gasteiger partial charge in [-0.1, -0.05) is 36.4 Å². The first-order valence-corrected chi connectivity index (χ1v) is 12.7. The molecule has 1 atom stereocenters. The fraction of sp³-hybridized carbons (Fsp3) is 0.300. The summed E-state index contributed by atoms with van der Waals surface area (Å²) in [5.74, 6) is 0.638. The number of aromatic nitrogens is 2. The van der Waals surface area contributed by atoms with Crippen LogP contribution in [0.2, 0.25) is 0 Å². The van der Waals surface area contributed by atoms with Crippen LogP contribution in [0.15, 0.2) is 83.9 Å². The number of carbonyl (C=O) groups excluding carboxylic acids is 1. The van der Waals surface area contributed by atoms with Crippen molar-refractivity contribution in [3.8, 4) is 11.1 Å².